The average Bonchev–Trinajstić information content (AvgIpc) is 3.14. The molecule has 0 amide bonds. The SMILES string of the molecule is CN(C)c1cccc(-c2nc3c4ccccc4nc(Nc4cnccnc4=O)n3n2)c1. The van der Waals surface area contributed by atoms with Crippen molar-refractivity contribution in [1.82, 2.24) is 29.5 Å². The van der Waals surface area contributed by atoms with Crippen LogP contribution in [0.3, 0.4) is 0 Å². The zero-order chi connectivity index (χ0) is 21.4. The highest BCUT2D eigenvalue weighted by molar-refractivity contribution is 5.93. The van der Waals surface area contributed by atoms with Crippen molar-refractivity contribution < 1.29 is 0 Å². The van der Waals surface area contributed by atoms with E-state index in [2.05, 4.69) is 20.3 Å². The fourth-order valence-corrected chi connectivity index (χ4v) is 3.27. The van der Waals surface area contributed by atoms with Crippen LogP contribution in [-0.4, -0.2) is 43.6 Å². The topological polar surface area (TPSA) is 101 Å². The molecule has 2 aromatic carbocycles. The quantitative estimate of drug-likeness (QED) is 0.483. The first-order valence-corrected chi connectivity index (χ1v) is 9.61. The molecule has 0 radical (unpaired) electrons. The Balaban J connectivity index is 1.73. The van der Waals surface area contributed by atoms with E-state index >= 15 is 0 Å². The lowest BCUT2D eigenvalue weighted by Gasteiger charge is -2.12. The lowest BCUT2D eigenvalue weighted by atomic mass is 10.2. The molecule has 0 saturated heterocycles. The Kier molecular flexibility index (Phi) is 4.47. The van der Waals surface area contributed by atoms with Crippen LogP contribution in [0.1, 0.15) is 0 Å². The number of nitrogens with zero attached hydrogens (tertiary/aromatic N) is 7. The van der Waals surface area contributed by atoms with E-state index in [1.807, 2.05) is 67.5 Å². The van der Waals surface area contributed by atoms with E-state index < -0.39 is 5.56 Å². The van der Waals surface area contributed by atoms with Crippen LogP contribution in [0, 0.1) is 0 Å². The zero-order valence-corrected chi connectivity index (χ0v) is 16.9. The van der Waals surface area contributed by atoms with Crippen LogP contribution in [0.5, 0.6) is 0 Å². The number of benzene rings is 2. The van der Waals surface area contributed by atoms with Crippen LogP contribution in [0.4, 0.5) is 17.3 Å². The summed E-state index contributed by atoms with van der Waals surface area (Å²) in [7, 11) is 3.97. The largest absolute Gasteiger partial charge is 0.378 e. The molecule has 0 saturated carbocycles. The summed E-state index contributed by atoms with van der Waals surface area (Å²) in [5.41, 5.74) is 3.03. The van der Waals surface area contributed by atoms with Crippen molar-refractivity contribution in [2.75, 3.05) is 24.3 Å². The van der Waals surface area contributed by atoms with Gasteiger partial charge in [-0.3, -0.25) is 9.78 Å². The normalized spacial score (nSPS) is 11.0. The lowest BCUT2D eigenvalue weighted by molar-refractivity contribution is 0.947. The van der Waals surface area contributed by atoms with Gasteiger partial charge in [0.1, 0.15) is 5.69 Å². The molecule has 5 rings (SSSR count). The molecule has 152 valence electrons. The maximum Gasteiger partial charge on any atom is 0.295 e. The fourth-order valence-electron chi connectivity index (χ4n) is 3.27. The van der Waals surface area contributed by atoms with Crippen LogP contribution >= 0.6 is 0 Å². The summed E-state index contributed by atoms with van der Waals surface area (Å²) < 4.78 is 1.60. The van der Waals surface area contributed by atoms with Gasteiger partial charge >= 0.3 is 0 Å². The van der Waals surface area contributed by atoms with Crippen LogP contribution in [0.2, 0.25) is 0 Å². The second-order valence-corrected chi connectivity index (χ2v) is 7.12. The van der Waals surface area contributed by atoms with Gasteiger partial charge in [-0.2, -0.15) is 4.52 Å². The maximum atomic E-state index is 12.3. The van der Waals surface area contributed by atoms with E-state index in [9.17, 15) is 4.79 Å². The van der Waals surface area contributed by atoms with E-state index in [1.165, 1.54) is 18.6 Å². The van der Waals surface area contributed by atoms with Gasteiger partial charge in [-0.1, -0.05) is 24.3 Å². The third-order valence-electron chi connectivity index (χ3n) is 4.82. The van der Waals surface area contributed by atoms with Gasteiger partial charge in [0.05, 0.1) is 11.7 Å². The molecular formula is C22H18N8O. The van der Waals surface area contributed by atoms with Crippen molar-refractivity contribution in [2.45, 2.75) is 0 Å². The smallest absolute Gasteiger partial charge is 0.295 e. The summed E-state index contributed by atoms with van der Waals surface area (Å²) in [5, 5.41) is 8.57. The number of nitrogens with one attached hydrogen (secondary N) is 1. The minimum atomic E-state index is -0.445. The molecule has 0 aliphatic carbocycles. The Morgan fingerprint density at radius 3 is 2.74 bits per heavy atom. The average molecular weight is 410 g/mol. The van der Waals surface area contributed by atoms with Crippen LogP contribution in [0.15, 0.2) is 71.9 Å². The van der Waals surface area contributed by atoms with E-state index in [0.717, 1.165) is 22.2 Å². The molecule has 0 fully saturated rings. The molecule has 0 bridgehead atoms. The summed E-state index contributed by atoms with van der Waals surface area (Å²) in [6, 6.07) is 15.6. The molecule has 31 heavy (non-hydrogen) atoms. The number of hydrogen-bond donors (Lipinski definition) is 1. The van der Waals surface area contributed by atoms with Crippen molar-refractivity contribution in [1.29, 1.82) is 0 Å². The van der Waals surface area contributed by atoms with E-state index in [1.54, 1.807) is 4.52 Å². The third-order valence-corrected chi connectivity index (χ3v) is 4.82. The predicted molar refractivity (Wildman–Crippen MR) is 120 cm³/mol. The van der Waals surface area contributed by atoms with Gasteiger partial charge in [-0.25, -0.2) is 15.0 Å². The van der Waals surface area contributed by atoms with Crippen LogP contribution < -0.4 is 15.8 Å². The first kappa shape index (κ1) is 18.6. The number of para-hydroxylation sites is 1. The van der Waals surface area contributed by atoms with Crippen molar-refractivity contribution in [2.24, 2.45) is 0 Å². The molecule has 5 aromatic rings. The van der Waals surface area contributed by atoms with Gasteiger partial charge < -0.3 is 10.2 Å². The molecule has 9 heteroatoms. The highest BCUT2D eigenvalue weighted by Crippen LogP contribution is 2.26. The standard InChI is InChI=1S/C22H18N8O/c1-29(2)15-7-5-6-14(12-15)19-27-20-16-8-3-4-9-17(16)25-22(30(20)28-19)26-18-13-23-10-11-24-21(18)31/h3-13H,1-2H3,(H,24,25,26,31). The molecule has 0 spiro atoms. The molecular weight excluding hydrogens is 392 g/mol. The Hall–Kier alpha value is -4.40. The molecule has 3 aromatic heterocycles. The molecule has 9 nitrogen and oxygen atoms in total. The molecule has 1 N–H and O–H groups in total. The van der Waals surface area contributed by atoms with Crippen molar-refractivity contribution in [3.8, 4) is 11.4 Å². The van der Waals surface area contributed by atoms with Gasteiger partial charge in [0.2, 0.25) is 5.95 Å². The highest BCUT2D eigenvalue weighted by atomic mass is 16.1. The molecule has 0 aliphatic heterocycles. The first-order valence-electron chi connectivity index (χ1n) is 9.61. The van der Waals surface area contributed by atoms with Gasteiger partial charge in [-0.15, -0.1) is 5.10 Å². The predicted octanol–water partition coefficient (Wildman–Crippen LogP) is 2.90. The molecule has 0 aliphatic rings. The maximum absolute atomic E-state index is 12.3. The minimum Gasteiger partial charge on any atom is -0.378 e. The number of anilines is 3. The van der Waals surface area contributed by atoms with Gasteiger partial charge in [-0.05, 0) is 24.3 Å². The second kappa shape index (κ2) is 7.45. The Bertz CT molecular complexity index is 1480. The summed E-state index contributed by atoms with van der Waals surface area (Å²) >= 11 is 0. The summed E-state index contributed by atoms with van der Waals surface area (Å²) in [4.78, 5) is 31.6. The Labute approximate surface area is 177 Å². The summed E-state index contributed by atoms with van der Waals surface area (Å²) in [6.45, 7) is 0. The molecule has 0 atom stereocenters. The van der Waals surface area contributed by atoms with E-state index in [0.29, 0.717) is 17.4 Å². The highest BCUT2D eigenvalue weighted by Gasteiger charge is 2.16. The Morgan fingerprint density at radius 1 is 1.00 bits per heavy atom. The number of aromatic nitrogens is 6. The number of hydrogen-bond acceptors (Lipinski definition) is 8. The van der Waals surface area contributed by atoms with Gasteiger partial charge in [0, 0.05) is 43.1 Å². The molecule has 3 heterocycles. The second-order valence-electron chi connectivity index (χ2n) is 7.12. The number of rotatable bonds is 4. The van der Waals surface area contributed by atoms with Crippen LogP contribution in [0.25, 0.3) is 27.9 Å². The zero-order valence-electron chi connectivity index (χ0n) is 16.9. The monoisotopic (exact) mass is 410 g/mol. The van der Waals surface area contributed by atoms with Crippen LogP contribution in [-0.2, 0) is 0 Å². The summed E-state index contributed by atoms with van der Waals surface area (Å²) in [6.07, 6.45) is 4.21. The van der Waals surface area contributed by atoms with E-state index in [-0.39, 0.29) is 5.69 Å². The third kappa shape index (κ3) is 3.42. The van der Waals surface area contributed by atoms with E-state index in [4.69, 9.17) is 10.1 Å². The van der Waals surface area contributed by atoms with Crippen molar-refractivity contribution >= 4 is 33.9 Å². The number of fused-ring (bicyclic) bond motifs is 3. The Morgan fingerprint density at radius 2 is 1.87 bits per heavy atom. The summed E-state index contributed by atoms with van der Waals surface area (Å²) in [5.74, 6) is 0.908. The lowest BCUT2D eigenvalue weighted by Crippen LogP contribution is -2.11. The van der Waals surface area contributed by atoms with Crippen molar-refractivity contribution in [3.63, 3.8) is 0 Å². The van der Waals surface area contributed by atoms with Gasteiger partial charge in [0.15, 0.2) is 11.5 Å². The van der Waals surface area contributed by atoms with Crippen molar-refractivity contribution in [3.05, 3.63) is 77.5 Å². The first-order chi connectivity index (χ1) is 15.1. The fraction of sp³-hybridized carbons (Fsp3) is 0.0909. The molecule has 0 unspecified atom stereocenters. The minimum absolute atomic E-state index is 0.195. The van der Waals surface area contributed by atoms with Gasteiger partial charge in [0.25, 0.3) is 5.56 Å².